The molecule has 0 saturated heterocycles. The molecule has 0 saturated carbocycles. The van der Waals surface area contributed by atoms with Crippen molar-refractivity contribution in [1.82, 2.24) is 31.9 Å². The van der Waals surface area contributed by atoms with Crippen LogP contribution in [0.15, 0.2) is 94.9 Å². The highest BCUT2D eigenvalue weighted by molar-refractivity contribution is 6.11. The summed E-state index contributed by atoms with van der Waals surface area (Å²) >= 11 is 0. The maximum Gasteiger partial charge on any atom is 0.270 e. The predicted octanol–water partition coefficient (Wildman–Crippen LogP) is 2.21. The summed E-state index contributed by atoms with van der Waals surface area (Å²) in [5.74, 6) is 0.713. The van der Waals surface area contributed by atoms with Gasteiger partial charge >= 0.3 is 0 Å². The molecule has 0 unspecified atom stereocenters. The molecule has 0 atom stereocenters. The second-order valence-electron chi connectivity index (χ2n) is 16.1. The van der Waals surface area contributed by atoms with E-state index in [0.29, 0.717) is 103 Å². The van der Waals surface area contributed by atoms with E-state index in [1.165, 1.54) is 0 Å². The van der Waals surface area contributed by atoms with Crippen molar-refractivity contribution >= 4 is 46.8 Å². The van der Waals surface area contributed by atoms with Crippen molar-refractivity contribution in [2.45, 2.75) is 39.0 Å². The zero-order valence-electron chi connectivity index (χ0n) is 38.1. The molecule has 352 valence electrons. The molecular formula is C50H62N11O6+. The lowest BCUT2D eigenvalue weighted by molar-refractivity contribution is -0.114. The Hall–Kier alpha value is -7.24. The third-order valence-corrected chi connectivity index (χ3v) is 11.1. The van der Waals surface area contributed by atoms with E-state index >= 15 is 0 Å². The number of benzene rings is 4. The fraction of sp³-hybridized carbons (Fsp3) is 0.360. The van der Waals surface area contributed by atoms with Gasteiger partial charge in [-0.2, -0.15) is 0 Å². The number of nitrogens with one attached hydrogen (secondary N) is 7. The lowest BCUT2D eigenvalue weighted by Gasteiger charge is -2.17. The number of unbranched alkanes of at least 4 members (excludes halogenated alkanes) is 4. The van der Waals surface area contributed by atoms with E-state index in [2.05, 4.69) is 41.9 Å². The second kappa shape index (κ2) is 25.5. The van der Waals surface area contributed by atoms with Crippen LogP contribution in [0.4, 0.5) is 0 Å². The number of rotatable bonds is 26. The van der Waals surface area contributed by atoms with Crippen LogP contribution >= 0.6 is 0 Å². The van der Waals surface area contributed by atoms with Crippen LogP contribution in [0.3, 0.4) is 0 Å². The van der Waals surface area contributed by atoms with Gasteiger partial charge in [-0.05, 0) is 97.1 Å². The van der Waals surface area contributed by atoms with Crippen molar-refractivity contribution in [2.75, 3.05) is 78.8 Å². The molecule has 4 amide bonds. The van der Waals surface area contributed by atoms with E-state index in [4.69, 9.17) is 26.0 Å². The molecule has 2 aliphatic rings. The summed E-state index contributed by atoms with van der Waals surface area (Å²) in [5.41, 5.74) is 12.5. The average molecular weight is 913 g/mol. The first-order valence-corrected chi connectivity index (χ1v) is 22.9. The van der Waals surface area contributed by atoms with Crippen LogP contribution in [0.2, 0.25) is 0 Å². The van der Waals surface area contributed by atoms with Gasteiger partial charge in [-0.1, -0.05) is 43.5 Å². The SMILES string of the molecule is CC(=N)c1ccc(C(=O)NCCOCCOCCNC(=O)c2ccc(C(N)=[NH2+])cc2-c2cc(C(=O)NCCCCCCCNC(=O)c3ccc(C4=NCCN4)cc3)ccc2C2=NCCN2)cc1. The van der Waals surface area contributed by atoms with Crippen LogP contribution in [-0.2, 0) is 9.47 Å². The standard InChI is InChI=1S/C50H61N11O6/c1-33(51)34-7-11-36(12-8-34)48(63)60-25-27-66-29-30-67-28-26-61-50(65)41-18-15-38(44(52)53)31-43(41)42-32-39(16-17-40(42)46-56-23-24-57-46)49(64)59-20-6-4-2-3-5-19-58-47(62)37-13-9-35(10-14-37)45-54-21-22-55-45/h7-18,31-32,51H,2-6,19-30H2,1H3,(H3,52,53)(H,54,55)(H,56,57)(H,58,62)(H,59,64)(H,60,63)(H,61,65)/p+1. The second-order valence-corrected chi connectivity index (χ2v) is 16.1. The van der Waals surface area contributed by atoms with Crippen LogP contribution in [0.5, 0.6) is 0 Å². The quantitative estimate of drug-likeness (QED) is 0.0254. The monoisotopic (exact) mass is 912 g/mol. The number of nitrogens with two attached hydrogens (primary N) is 2. The molecule has 11 N–H and O–H groups in total. The van der Waals surface area contributed by atoms with Gasteiger partial charge in [-0.15, -0.1) is 0 Å². The van der Waals surface area contributed by atoms with Crippen LogP contribution in [0.25, 0.3) is 11.1 Å². The van der Waals surface area contributed by atoms with E-state index in [1.54, 1.807) is 61.5 Å². The maximum atomic E-state index is 13.8. The normalized spacial score (nSPS) is 12.9. The van der Waals surface area contributed by atoms with E-state index in [9.17, 15) is 19.2 Å². The van der Waals surface area contributed by atoms with Crippen LogP contribution in [0.1, 0.15) is 103 Å². The Morgan fingerprint density at radius 1 is 0.567 bits per heavy atom. The highest BCUT2D eigenvalue weighted by Gasteiger charge is 2.22. The minimum Gasteiger partial charge on any atom is -0.377 e. The molecule has 67 heavy (non-hydrogen) atoms. The van der Waals surface area contributed by atoms with Gasteiger partial charge in [-0.25, -0.2) is 0 Å². The van der Waals surface area contributed by atoms with Crippen LogP contribution < -0.4 is 43.0 Å². The molecule has 0 aliphatic carbocycles. The Labute approximate surface area is 391 Å². The molecule has 0 fully saturated rings. The van der Waals surface area contributed by atoms with Gasteiger partial charge in [0.25, 0.3) is 29.5 Å². The maximum absolute atomic E-state index is 13.8. The summed E-state index contributed by atoms with van der Waals surface area (Å²) in [4.78, 5) is 61.3. The Morgan fingerprint density at radius 2 is 1.04 bits per heavy atom. The van der Waals surface area contributed by atoms with Gasteiger partial charge in [0.15, 0.2) is 0 Å². The molecule has 2 heterocycles. The molecule has 0 spiro atoms. The van der Waals surface area contributed by atoms with Crippen molar-refractivity contribution in [2.24, 2.45) is 15.7 Å². The summed E-state index contributed by atoms with van der Waals surface area (Å²) in [6.07, 6.45) is 4.52. The zero-order chi connectivity index (χ0) is 47.4. The Morgan fingerprint density at radius 3 is 1.61 bits per heavy atom. The minimum atomic E-state index is -0.349. The molecule has 0 aromatic heterocycles. The predicted molar refractivity (Wildman–Crippen MR) is 260 cm³/mol. The Kier molecular flexibility index (Phi) is 18.7. The first kappa shape index (κ1) is 49.2. The number of hydrogen-bond donors (Lipinski definition) is 9. The Bertz CT molecular complexity index is 2450. The lowest BCUT2D eigenvalue weighted by Crippen LogP contribution is -2.46. The molecule has 2 aliphatic heterocycles. The largest absolute Gasteiger partial charge is 0.377 e. The number of amides is 4. The molecule has 6 rings (SSSR count). The molecule has 0 radical (unpaired) electrons. The number of carbonyl (C=O) groups is 4. The fourth-order valence-corrected chi connectivity index (χ4v) is 7.46. The van der Waals surface area contributed by atoms with E-state index in [1.807, 2.05) is 30.3 Å². The van der Waals surface area contributed by atoms with Gasteiger partial charge in [0, 0.05) is 78.4 Å². The summed E-state index contributed by atoms with van der Waals surface area (Å²) in [5, 5.41) is 32.0. The van der Waals surface area contributed by atoms with Gasteiger partial charge in [0.2, 0.25) is 0 Å². The number of amidine groups is 3. The number of hydrogen-bond acceptors (Lipinski definition) is 11. The zero-order valence-corrected chi connectivity index (χ0v) is 38.1. The van der Waals surface area contributed by atoms with Crippen molar-refractivity contribution in [3.8, 4) is 11.1 Å². The van der Waals surface area contributed by atoms with E-state index in [-0.39, 0.29) is 42.6 Å². The van der Waals surface area contributed by atoms with E-state index < -0.39 is 0 Å². The topological polar surface area (TPSA) is 259 Å². The third kappa shape index (κ3) is 14.6. The van der Waals surface area contributed by atoms with Crippen LogP contribution in [0, 0.1) is 5.41 Å². The van der Waals surface area contributed by atoms with Crippen LogP contribution in [-0.4, -0.2) is 126 Å². The molecular weight excluding hydrogens is 851 g/mol. The van der Waals surface area contributed by atoms with Crippen molar-refractivity contribution in [3.63, 3.8) is 0 Å². The number of aliphatic imine (C=N–C) groups is 2. The van der Waals surface area contributed by atoms with Gasteiger partial charge in [0.1, 0.15) is 11.7 Å². The van der Waals surface area contributed by atoms with E-state index in [0.717, 1.165) is 67.7 Å². The summed E-state index contributed by atoms with van der Waals surface area (Å²) in [7, 11) is 0. The van der Waals surface area contributed by atoms with Gasteiger partial charge in [0.05, 0.1) is 45.1 Å². The number of ether oxygens (including phenoxy) is 2. The summed E-state index contributed by atoms with van der Waals surface area (Å²) in [6, 6.07) is 24.8. The first-order chi connectivity index (χ1) is 32.6. The molecule has 17 heteroatoms. The molecule has 0 bridgehead atoms. The Balaban J connectivity index is 0.939. The summed E-state index contributed by atoms with van der Waals surface area (Å²) < 4.78 is 11.3. The molecule has 17 nitrogen and oxygen atoms in total. The number of carbonyl (C=O) groups excluding carboxylic acids is 4. The minimum absolute atomic E-state index is 0.0849. The molecule has 4 aromatic rings. The molecule has 4 aromatic carbocycles. The summed E-state index contributed by atoms with van der Waals surface area (Å²) in [6.45, 7) is 7.33. The van der Waals surface area contributed by atoms with Crippen molar-refractivity contribution < 1.29 is 34.1 Å². The van der Waals surface area contributed by atoms with Gasteiger partial charge < -0.3 is 46.8 Å². The third-order valence-electron chi connectivity index (χ3n) is 11.1. The highest BCUT2D eigenvalue weighted by Crippen LogP contribution is 2.31. The average Bonchev–Trinajstić information content (AvgIpc) is 4.10. The number of nitrogens with zero attached hydrogens (tertiary/aromatic N) is 2. The smallest absolute Gasteiger partial charge is 0.270 e. The highest BCUT2D eigenvalue weighted by atomic mass is 16.5. The fourth-order valence-electron chi connectivity index (χ4n) is 7.46. The van der Waals surface area contributed by atoms with Crippen molar-refractivity contribution in [1.29, 1.82) is 5.41 Å². The van der Waals surface area contributed by atoms with Crippen molar-refractivity contribution in [3.05, 3.63) is 129 Å². The first-order valence-electron chi connectivity index (χ1n) is 22.9. The van der Waals surface area contributed by atoms with Gasteiger partial charge in [-0.3, -0.25) is 40.3 Å². The lowest BCUT2D eigenvalue weighted by atomic mass is 9.91.